The zero-order valence-corrected chi connectivity index (χ0v) is 22.4. The molecule has 200 valence electrons. The zero-order valence-electron chi connectivity index (χ0n) is 21.6. The number of rotatable bonds is 6. The van der Waals surface area contributed by atoms with E-state index < -0.39 is 6.04 Å². The normalized spacial score (nSPS) is 18.6. The lowest BCUT2D eigenvalue weighted by molar-refractivity contribution is -0.140. The van der Waals surface area contributed by atoms with Crippen molar-refractivity contribution in [1.82, 2.24) is 15.1 Å². The van der Waals surface area contributed by atoms with E-state index in [1.165, 1.54) is 11.3 Å². The summed E-state index contributed by atoms with van der Waals surface area (Å²) in [6.07, 6.45) is 4.41. The first kappa shape index (κ1) is 26.0. The molecule has 2 saturated heterocycles. The monoisotopic (exact) mass is 535 g/mol. The Morgan fingerprint density at radius 2 is 1.92 bits per heavy atom. The van der Waals surface area contributed by atoms with Crippen LogP contribution >= 0.6 is 11.3 Å². The number of benzene rings is 1. The smallest absolute Gasteiger partial charge is 0.247 e. The Hall–Kier alpha value is -3.66. The number of amides is 3. The molecule has 1 unspecified atom stereocenters. The maximum Gasteiger partial charge on any atom is 0.247 e. The number of guanidine groups is 1. The molecule has 0 radical (unpaired) electrons. The van der Waals surface area contributed by atoms with Gasteiger partial charge in [0, 0.05) is 30.7 Å². The van der Waals surface area contributed by atoms with Crippen molar-refractivity contribution in [2.45, 2.75) is 51.5 Å². The van der Waals surface area contributed by atoms with Gasteiger partial charge >= 0.3 is 0 Å². The minimum atomic E-state index is -0.687. The molecule has 2 aromatic heterocycles. The Bertz CT molecular complexity index is 1330. The van der Waals surface area contributed by atoms with Gasteiger partial charge in [0.2, 0.25) is 23.7 Å². The van der Waals surface area contributed by atoms with Crippen LogP contribution in [0.25, 0.3) is 11.0 Å². The number of nitrogens with one attached hydrogen (secondary N) is 2. The van der Waals surface area contributed by atoms with Crippen LogP contribution in [0.2, 0.25) is 0 Å². The molecule has 38 heavy (non-hydrogen) atoms. The average molecular weight is 536 g/mol. The summed E-state index contributed by atoms with van der Waals surface area (Å²) in [5.41, 5.74) is 2.40. The number of aryl methyl sites for hydroxylation is 1. The highest BCUT2D eigenvalue weighted by Gasteiger charge is 2.30. The second-order valence-electron chi connectivity index (χ2n) is 9.93. The van der Waals surface area contributed by atoms with E-state index >= 15 is 0 Å². The van der Waals surface area contributed by atoms with Crippen molar-refractivity contribution < 1.29 is 18.8 Å². The second kappa shape index (κ2) is 11.8. The van der Waals surface area contributed by atoms with Gasteiger partial charge in [0.25, 0.3) is 0 Å². The van der Waals surface area contributed by atoms with Crippen LogP contribution in [0.5, 0.6) is 0 Å². The Balaban J connectivity index is 1.36. The van der Waals surface area contributed by atoms with Crippen molar-refractivity contribution in [3.05, 3.63) is 52.4 Å². The van der Waals surface area contributed by atoms with Gasteiger partial charge < -0.3 is 19.5 Å². The van der Waals surface area contributed by atoms with Crippen LogP contribution < -0.4 is 10.6 Å². The highest BCUT2D eigenvalue weighted by Crippen LogP contribution is 2.23. The molecule has 2 aliphatic heterocycles. The third-order valence-electron chi connectivity index (χ3n) is 6.93. The number of aliphatic imine (C=N–C) groups is 1. The molecule has 1 aromatic carbocycles. The minimum absolute atomic E-state index is 0.00778. The molecule has 9 nitrogen and oxygen atoms in total. The summed E-state index contributed by atoms with van der Waals surface area (Å²) in [5.74, 6) is 0.615. The highest BCUT2D eigenvalue weighted by molar-refractivity contribution is 7.08. The molecule has 0 bridgehead atoms. The molecule has 2 N–H and O–H groups in total. The van der Waals surface area contributed by atoms with Crippen LogP contribution in [0.3, 0.4) is 0 Å². The minimum Gasteiger partial charge on any atom is -0.461 e. The van der Waals surface area contributed by atoms with Gasteiger partial charge in [-0.25, -0.2) is 4.99 Å². The van der Waals surface area contributed by atoms with Gasteiger partial charge in [-0.3, -0.25) is 19.7 Å². The number of hydrogen-bond acceptors (Lipinski definition) is 6. The fourth-order valence-electron chi connectivity index (χ4n) is 4.99. The molecule has 10 heteroatoms. The Labute approximate surface area is 225 Å². The lowest BCUT2D eigenvalue weighted by atomic mass is 10.1. The summed E-state index contributed by atoms with van der Waals surface area (Å²) >= 11 is 1.54. The van der Waals surface area contributed by atoms with Crippen molar-refractivity contribution in [2.24, 2.45) is 4.99 Å². The molecule has 3 amide bonds. The van der Waals surface area contributed by atoms with Gasteiger partial charge in [0.1, 0.15) is 17.4 Å². The molecule has 3 aromatic rings. The Morgan fingerprint density at radius 3 is 2.71 bits per heavy atom. The van der Waals surface area contributed by atoms with Gasteiger partial charge in [-0.05, 0) is 85.7 Å². The van der Waals surface area contributed by atoms with Crippen LogP contribution in [0.15, 0.2) is 50.5 Å². The van der Waals surface area contributed by atoms with Crippen molar-refractivity contribution in [1.29, 1.82) is 0 Å². The lowest BCUT2D eigenvalue weighted by Gasteiger charge is -2.25. The molecule has 5 rings (SSSR count). The molecule has 1 atom stereocenters. The van der Waals surface area contributed by atoms with Crippen LogP contribution in [-0.4, -0.2) is 65.7 Å². The quantitative estimate of drug-likeness (QED) is 0.367. The number of carbonyl (C=O) groups excluding carboxylic acids is 3. The van der Waals surface area contributed by atoms with Crippen molar-refractivity contribution in [3.8, 4) is 0 Å². The number of anilines is 1. The summed E-state index contributed by atoms with van der Waals surface area (Å²) in [5, 5.41) is 10.9. The predicted octanol–water partition coefficient (Wildman–Crippen LogP) is 3.93. The largest absolute Gasteiger partial charge is 0.461 e. The van der Waals surface area contributed by atoms with Gasteiger partial charge in [0.05, 0.1) is 13.0 Å². The number of fused-ring (bicyclic) bond motifs is 1. The van der Waals surface area contributed by atoms with E-state index in [4.69, 9.17) is 9.41 Å². The summed E-state index contributed by atoms with van der Waals surface area (Å²) < 4.78 is 5.67. The number of nitrogens with zero attached hydrogens (tertiary/aromatic N) is 3. The molecule has 2 aliphatic rings. The van der Waals surface area contributed by atoms with Crippen molar-refractivity contribution in [3.63, 3.8) is 0 Å². The maximum atomic E-state index is 13.5. The van der Waals surface area contributed by atoms with Crippen LogP contribution in [-0.2, 0) is 20.8 Å². The summed E-state index contributed by atoms with van der Waals surface area (Å²) in [6, 6.07) is 8.79. The summed E-state index contributed by atoms with van der Waals surface area (Å²) in [7, 11) is 0. The SMILES string of the molecule is Cc1cc2cc(NC(=NC3CCCCN(CC(=O)N4CCCC4)C3=O)NC(=O)Cc3ccsc3)ccc2o1. The van der Waals surface area contributed by atoms with E-state index in [0.717, 1.165) is 66.8 Å². The van der Waals surface area contributed by atoms with E-state index in [2.05, 4.69) is 10.6 Å². The summed E-state index contributed by atoms with van der Waals surface area (Å²) in [4.78, 5) is 47.3. The predicted molar refractivity (Wildman–Crippen MR) is 148 cm³/mol. The fourth-order valence-corrected chi connectivity index (χ4v) is 5.66. The molecule has 2 fully saturated rings. The molecular formula is C28H33N5O4S. The maximum absolute atomic E-state index is 13.5. The van der Waals surface area contributed by atoms with E-state index in [1.807, 2.05) is 52.9 Å². The Morgan fingerprint density at radius 1 is 1.11 bits per heavy atom. The lowest BCUT2D eigenvalue weighted by Crippen LogP contribution is -2.45. The standard InChI is InChI=1S/C28H33N5O4S/c1-19-14-21-16-22(7-8-24(21)37-19)29-28(31-25(34)15-20-9-13-38-18-20)30-23-6-2-3-12-33(27(23)36)17-26(35)32-10-4-5-11-32/h7-9,13-14,16,18,23H,2-6,10-12,15,17H2,1H3,(H2,29,30,31,34). The molecule has 4 heterocycles. The van der Waals surface area contributed by atoms with Gasteiger partial charge in [-0.2, -0.15) is 11.3 Å². The fraction of sp³-hybridized carbons (Fsp3) is 0.429. The van der Waals surface area contributed by atoms with E-state index in [-0.39, 0.29) is 36.6 Å². The molecule has 0 saturated carbocycles. The van der Waals surface area contributed by atoms with Gasteiger partial charge in [-0.1, -0.05) is 0 Å². The molecular weight excluding hydrogens is 502 g/mol. The van der Waals surface area contributed by atoms with Crippen molar-refractivity contribution >= 4 is 51.7 Å². The third kappa shape index (κ3) is 6.42. The van der Waals surface area contributed by atoms with E-state index in [1.54, 1.807) is 4.90 Å². The van der Waals surface area contributed by atoms with Crippen molar-refractivity contribution in [2.75, 3.05) is 31.5 Å². The first-order valence-electron chi connectivity index (χ1n) is 13.2. The first-order chi connectivity index (χ1) is 18.4. The van der Waals surface area contributed by atoms with Gasteiger partial charge in [-0.15, -0.1) is 0 Å². The molecule has 0 spiro atoms. The summed E-state index contributed by atoms with van der Waals surface area (Å²) in [6.45, 7) is 4.02. The van der Waals surface area contributed by atoms with E-state index in [9.17, 15) is 14.4 Å². The van der Waals surface area contributed by atoms with Gasteiger partial charge in [0.15, 0.2) is 0 Å². The number of thiophene rings is 1. The topological polar surface area (TPSA) is 107 Å². The third-order valence-corrected chi connectivity index (χ3v) is 7.66. The number of furan rings is 1. The molecule has 0 aliphatic carbocycles. The van der Waals surface area contributed by atoms with E-state index in [0.29, 0.717) is 13.0 Å². The average Bonchev–Trinajstić information content (AvgIpc) is 3.64. The van der Waals surface area contributed by atoms with Crippen LogP contribution in [0.4, 0.5) is 5.69 Å². The highest BCUT2D eigenvalue weighted by atomic mass is 32.1. The number of hydrogen-bond donors (Lipinski definition) is 2. The second-order valence-corrected chi connectivity index (χ2v) is 10.7. The first-order valence-corrected chi connectivity index (χ1v) is 14.1. The number of likely N-dealkylation sites (tertiary alicyclic amines) is 2. The van der Waals surface area contributed by atoms with Crippen LogP contribution in [0.1, 0.15) is 43.4 Å². The van der Waals surface area contributed by atoms with Crippen LogP contribution in [0, 0.1) is 6.92 Å². The Kier molecular flexibility index (Phi) is 8.07. The number of carbonyl (C=O) groups is 3. The zero-order chi connectivity index (χ0) is 26.5.